The Hall–Kier alpha value is -2.00. The first-order valence-electron chi connectivity index (χ1n) is 7.62. The van der Waals surface area contributed by atoms with Gasteiger partial charge in [0.25, 0.3) is 0 Å². The van der Waals surface area contributed by atoms with Crippen molar-refractivity contribution in [3.8, 4) is 5.75 Å². The van der Waals surface area contributed by atoms with E-state index in [1.54, 1.807) is 24.3 Å². The molecule has 0 spiro atoms. The van der Waals surface area contributed by atoms with Crippen LogP contribution < -0.4 is 39.6 Å². The Morgan fingerprint density at radius 3 is 2.48 bits per heavy atom. The zero-order valence-electron chi connectivity index (χ0n) is 14.6. The largest absolute Gasteiger partial charge is 1.00 e. The standard InChI is InChI=1S/C17H16ClNO7.Na/c18-12-5-7-13(8-6-12)26-15(20)4-1-9-19-17(22)25-11-24-16(21)14-3-2-10-23-14;/h2-3,5-8,10H,1,4,9,11H2,(H,19,22);/q;+1. The number of halogens is 1. The Morgan fingerprint density at radius 2 is 1.81 bits per heavy atom. The SMILES string of the molecule is O=C(CCCNC(=O)OCOC(=O)c1ccco1)Oc1ccc(Cl)cc1.[Na+]. The number of amides is 1. The molecular formula is C17H16ClNNaO7+. The molecule has 1 aromatic heterocycles. The molecule has 2 rings (SSSR count). The predicted octanol–water partition coefficient (Wildman–Crippen LogP) is 0.163. The average molecular weight is 405 g/mol. The summed E-state index contributed by atoms with van der Waals surface area (Å²) in [6, 6.07) is 9.34. The summed E-state index contributed by atoms with van der Waals surface area (Å²) >= 11 is 5.73. The summed E-state index contributed by atoms with van der Waals surface area (Å²) in [5.41, 5.74) is 0. The zero-order chi connectivity index (χ0) is 18.8. The molecular weight excluding hydrogens is 389 g/mol. The van der Waals surface area contributed by atoms with Gasteiger partial charge < -0.3 is 23.9 Å². The number of nitrogens with one attached hydrogen (secondary N) is 1. The van der Waals surface area contributed by atoms with Gasteiger partial charge in [-0.25, -0.2) is 9.59 Å². The van der Waals surface area contributed by atoms with E-state index in [1.807, 2.05) is 0 Å². The molecule has 0 fully saturated rings. The number of ether oxygens (including phenoxy) is 3. The molecule has 0 saturated carbocycles. The van der Waals surface area contributed by atoms with Crippen molar-refractivity contribution in [2.45, 2.75) is 12.8 Å². The molecule has 10 heteroatoms. The van der Waals surface area contributed by atoms with Crippen LogP contribution in [0.1, 0.15) is 23.4 Å². The predicted molar refractivity (Wildman–Crippen MR) is 89.8 cm³/mol. The van der Waals surface area contributed by atoms with Crippen LogP contribution in [0.3, 0.4) is 0 Å². The first-order chi connectivity index (χ1) is 12.5. The maximum atomic E-state index is 11.6. The molecule has 27 heavy (non-hydrogen) atoms. The van der Waals surface area contributed by atoms with E-state index in [1.165, 1.54) is 18.4 Å². The van der Waals surface area contributed by atoms with Gasteiger partial charge in [-0.05, 0) is 42.8 Å². The number of esters is 2. The smallest absolute Gasteiger partial charge is 0.457 e. The molecule has 138 valence electrons. The summed E-state index contributed by atoms with van der Waals surface area (Å²) in [5.74, 6) is -0.777. The van der Waals surface area contributed by atoms with Gasteiger partial charge in [-0.15, -0.1) is 0 Å². The number of hydrogen-bond donors (Lipinski definition) is 1. The summed E-state index contributed by atoms with van der Waals surface area (Å²) in [5, 5.41) is 2.96. The Bertz CT molecular complexity index is 734. The summed E-state index contributed by atoms with van der Waals surface area (Å²) in [6.07, 6.45) is 1.01. The van der Waals surface area contributed by atoms with E-state index in [-0.39, 0.29) is 48.3 Å². The molecule has 1 amide bonds. The number of carbonyl (C=O) groups excluding carboxylic acids is 3. The maximum Gasteiger partial charge on any atom is 1.00 e. The van der Waals surface area contributed by atoms with Crippen molar-refractivity contribution >= 4 is 29.6 Å². The van der Waals surface area contributed by atoms with Crippen LogP contribution in [-0.4, -0.2) is 31.4 Å². The second kappa shape index (κ2) is 12.4. The normalized spacial score (nSPS) is 9.67. The molecule has 0 unspecified atom stereocenters. The van der Waals surface area contributed by atoms with Gasteiger partial charge in [-0.3, -0.25) is 4.79 Å². The van der Waals surface area contributed by atoms with Gasteiger partial charge in [0.1, 0.15) is 5.75 Å². The van der Waals surface area contributed by atoms with E-state index in [0.29, 0.717) is 17.2 Å². The molecule has 1 aromatic carbocycles. The van der Waals surface area contributed by atoms with Gasteiger partial charge in [0.05, 0.1) is 6.26 Å². The summed E-state index contributed by atoms with van der Waals surface area (Å²) < 4.78 is 19.3. The van der Waals surface area contributed by atoms with Gasteiger partial charge in [0.15, 0.2) is 0 Å². The molecule has 8 nitrogen and oxygen atoms in total. The minimum Gasteiger partial charge on any atom is -0.457 e. The van der Waals surface area contributed by atoms with Crippen molar-refractivity contribution in [3.05, 3.63) is 53.4 Å². The first-order valence-corrected chi connectivity index (χ1v) is 8.00. The number of hydrogen-bond acceptors (Lipinski definition) is 7. The number of benzene rings is 1. The molecule has 1 heterocycles. The van der Waals surface area contributed by atoms with E-state index in [9.17, 15) is 14.4 Å². The van der Waals surface area contributed by atoms with Crippen LogP contribution in [0.4, 0.5) is 4.79 Å². The number of carbonyl (C=O) groups is 3. The number of alkyl carbamates (subject to hydrolysis) is 1. The quantitative estimate of drug-likeness (QED) is 0.220. The van der Waals surface area contributed by atoms with E-state index in [4.69, 9.17) is 20.8 Å². The van der Waals surface area contributed by atoms with Crippen LogP contribution in [-0.2, 0) is 14.3 Å². The topological polar surface area (TPSA) is 104 Å². The van der Waals surface area contributed by atoms with Crippen LogP contribution in [0.2, 0.25) is 5.02 Å². The molecule has 1 N–H and O–H groups in total. The minimum absolute atomic E-state index is 0. The van der Waals surface area contributed by atoms with E-state index in [2.05, 4.69) is 14.8 Å². The van der Waals surface area contributed by atoms with Crippen LogP contribution in [0.5, 0.6) is 5.75 Å². The van der Waals surface area contributed by atoms with Crippen LogP contribution >= 0.6 is 11.6 Å². The van der Waals surface area contributed by atoms with Crippen molar-refractivity contribution in [3.63, 3.8) is 0 Å². The average Bonchev–Trinajstić information content (AvgIpc) is 3.15. The fourth-order valence-corrected chi connectivity index (χ4v) is 1.89. The molecule has 0 atom stereocenters. The van der Waals surface area contributed by atoms with Gasteiger partial charge in [0, 0.05) is 18.0 Å². The fourth-order valence-electron chi connectivity index (χ4n) is 1.76. The maximum absolute atomic E-state index is 11.6. The molecule has 0 bridgehead atoms. The van der Waals surface area contributed by atoms with Gasteiger partial charge in [-0.2, -0.15) is 0 Å². The molecule has 0 aliphatic rings. The Labute approximate surface area is 182 Å². The number of rotatable bonds is 8. The van der Waals surface area contributed by atoms with Gasteiger partial charge in [-0.1, -0.05) is 11.6 Å². The van der Waals surface area contributed by atoms with E-state index in [0.717, 1.165) is 0 Å². The van der Waals surface area contributed by atoms with Crippen molar-refractivity contribution < 1.29 is 62.6 Å². The molecule has 0 aliphatic carbocycles. The monoisotopic (exact) mass is 404 g/mol. The summed E-state index contributed by atoms with van der Waals surface area (Å²) in [6.45, 7) is -0.356. The molecule has 0 aliphatic heterocycles. The van der Waals surface area contributed by atoms with E-state index >= 15 is 0 Å². The Kier molecular flexibility index (Phi) is 10.6. The van der Waals surface area contributed by atoms with E-state index < -0.39 is 24.8 Å². The third kappa shape index (κ3) is 8.96. The van der Waals surface area contributed by atoms with Crippen LogP contribution in [0.25, 0.3) is 0 Å². The van der Waals surface area contributed by atoms with Gasteiger partial charge >= 0.3 is 47.6 Å². The summed E-state index contributed by atoms with van der Waals surface area (Å²) in [7, 11) is 0. The fraction of sp³-hybridized carbons (Fsp3) is 0.235. The van der Waals surface area contributed by atoms with Crippen molar-refractivity contribution in [2.75, 3.05) is 13.3 Å². The molecule has 0 radical (unpaired) electrons. The Morgan fingerprint density at radius 1 is 1.07 bits per heavy atom. The Balaban J connectivity index is 0.00000364. The third-order valence-corrected chi connectivity index (χ3v) is 3.23. The van der Waals surface area contributed by atoms with Crippen molar-refractivity contribution in [2.24, 2.45) is 0 Å². The van der Waals surface area contributed by atoms with Gasteiger partial charge in [0.2, 0.25) is 12.6 Å². The zero-order valence-corrected chi connectivity index (χ0v) is 17.4. The van der Waals surface area contributed by atoms with Crippen molar-refractivity contribution in [1.29, 1.82) is 0 Å². The summed E-state index contributed by atoms with van der Waals surface area (Å²) in [4.78, 5) is 34.4. The molecule has 2 aromatic rings. The first kappa shape index (κ1) is 23.0. The molecule has 0 saturated heterocycles. The third-order valence-electron chi connectivity index (χ3n) is 2.97. The second-order valence-corrected chi connectivity index (χ2v) is 5.35. The minimum atomic E-state index is -0.775. The van der Waals surface area contributed by atoms with Crippen LogP contribution in [0, 0.1) is 0 Å². The number of furan rings is 1. The van der Waals surface area contributed by atoms with Crippen molar-refractivity contribution in [1.82, 2.24) is 5.32 Å². The second-order valence-electron chi connectivity index (χ2n) is 4.92. The van der Waals surface area contributed by atoms with Crippen LogP contribution in [0.15, 0.2) is 47.1 Å².